The standard InChI is InChI=1S/C20H25NO3S/c1-24-18(22)16-14-3-2-4-15(14)25-17(16)21-19(23)20-8-11-5-12(9-20)7-13(6-11)10-20/h11-13H,2-10H2,1H3,(H,21,23). The summed E-state index contributed by atoms with van der Waals surface area (Å²) in [7, 11) is 1.42. The van der Waals surface area contributed by atoms with Crippen LogP contribution in [0.2, 0.25) is 0 Å². The Bertz CT molecular complexity index is 715. The molecule has 0 atom stereocenters. The van der Waals surface area contributed by atoms with Crippen LogP contribution < -0.4 is 5.32 Å². The van der Waals surface area contributed by atoms with E-state index in [4.69, 9.17) is 4.74 Å². The summed E-state index contributed by atoms with van der Waals surface area (Å²) in [5.41, 5.74) is 1.55. The maximum Gasteiger partial charge on any atom is 0.341 e. The predicted octanol–water partition coefficient (Wildman–Crippen LogP) is 4.18. The topological polar surface area (TPSA) is 55.4 Å². The van der Waals surface area contributed by atoms with Crippen molar-refractivity contribution in [3.05, 3.63) is 16.0 Å². The molecular weight excluding hydrogens is 334 g/mol. The van der Waals surface area contributed by atoms with Gasteiger partial charge in [-0.25, -0.2) is 4.79 Å². The Labute approximate surface area is 152 Å². The van der Waals surface area contributed by atoms with Gasteiger partial charge in [-0.2, -0.15) is 0 Å². The number of thiophene rings is 1. The highest BCUT2D eigenvalue weighted by Gasteiger charge is 2.54. The first-order chi connectivity index (χ1) is 12.1. The van der Waals surface area contributed by atoms with Gasteiger partial charge < -0.3 is 10.1 Å². The van der Waals surface area contributed by atoms with Crippen molar-refractivity contribution in [3.8, 4) is 0 Å². The van der Waals surface area contributed by atoms with E-state index in [-0.39, 0.29) is 17.3 Å². The van der Waals surface area contributed by atoms with Crippen LogP contribution >= 0.6 is 11.3 Å². The lowest BCUT2D eigenvalue weighted by Gasteiger charge is -2.55. The van der Waals surface area contributed by atoms with Crippen molar-refractivity contribution in [2.24, 2.45) is 23.2 Å². The van der Waals surface area contributed by atoms with E-state index in [1.165, 1.54) is 31.2 Å². The van der Waals surface area contributed by atoms with Crippen LogP contribution in [0.1, 0.15) is 65.7 Å². The molecule has 4 bridgehead atoms. The molecule has 1 aromatic heterocycles. The van der Waals surface area contributed by atoms with Gasteiger partial charge in [-0.05, 0) is 81.1 Å². The van der Waals surface area contributed by atoms with Crippen LogP contribution in [0.15, 0.2) is 0 Å². The summed E-state index contributed by atoms with van der Waals surface area (Å²) in [6.45, 7) is 0. The number of aryl methyl sites for hydroxylation is 1. The van der Waals surface area contributed by atoms with Gasteiger partial charge in [0, 0.05) is 4.88 Å². The highest BCUT2D eigenvalue weighted by Crippen LogP contribution is 2.60. The van der Waals surface area contributed by atoms with Gasteiger partial charge in [-0.15, -0.1) is 11.3 Å². The predicted molar refractivity (Wildman–Crippen MR) is 96.9 cm³/mol. The normalized spacial score (nSPS) is 34.8. The average molecular weight is 359 g/mol. The van der Waals surface area contributed by atoms with Crippen molar-refractivity contribution in [3.63, 3.8) is 0 Å². The molecule has 4 nitrogen and oxygen atoms in total. The molecule has 134 valence electrons. The van der Waals surface area contributed by atoms with Crippen LogP contribution in [0.5, 0.6) is 0 Å². The minimum absolute atomic E-state index is 0.164. The van der Waals surface area contributed by atoms with Crippen molar-refractivity contribution >= 4 is 28.2 Å². The third-order valence-electron chi connectivity index (χ3n) is 7.06. The average Bonchev–Trinajstić information content (AvgIpc) is 3.13. The van der Waals surface area contributed by atoms with E-state index in [0.717, 1.165) is 66.8 Å². The molecule has 1 amide bonds. The number of rotatable bonds is 3. The molecule has 1 N–H and O–H groups in total. The molecule has 0 unspecified atom stereocenters. The number of hydrogen-bond donors (Lipinski definition) is 1. The second kappa shape index (κ2) is 5.57. The second-order valence-electron chi connectivity index (χ2n) is 8.71. The van der Waals surface area contributed by atoms with Gasteiger partial charge in [0.2, 0.25) is 5.91 Å². The summed E-state index contributed by atoms with van der Waals surface area (Å²) < 4.78 is 5.01. The fourth-order valence-corrected chi connectivity index (χ4v) is 7.71. The largest absolute Gasteiger partial charge is 0.465 e. The number of nitrogens with one attached hydrogen (secondary N) is 1. The van der Waals surface area contributed by atoms with Crippen molar-refractivity contribution < 1.29 is 14.3 Å². The maximum absolute atomic E-state index is 13.3. The summed E-state index contributed by atoms with van der Waals surface area (Å²) in [6.07, 6.45) is 10.1. The Hall–Kier alpha value is -1.36. The van der Waals surface area contributed by atoms with E-state index in [1.54, 1.807) is 11.3 Å². The smallest absolute Gasteiger partial charge is 0.341 e. The van der Waals surface area contributed by atoms with Crippen LogP contribution in [0.25, 0.3) is 0 Å². The van der Waals surface area contributed by atoms with Crippen LogP contribution in [-0.4, -0.2) is 19.0 Å². The zero-order valence-electron chi connectivity index (χ0n) is 14.7. The third kappa shape index (κ3) is 2.38. The lowest BCUT2D eigenvalue weighted by molar-refractivity contribution is -0.140. The molecule has 25 heavy (non-hydrogen) atoms. The molecule has 0 radical (unpaired) electrons. The van der Waals surface area contributed by atoms with Gasteiger partial charge in [0.05, 0.1) is 18.1 Å². The lowest BCUT2D eigenvalue weighted by atomic mass is 9.49. The second-order valence-corrected chi connectivity index (χ2v) is 9.81. The van der Waals surface area contributed by atoms with Gasteiger partial charge in [0.1, 0.15) is 5.00 Å². The molecule has 0 aliphatic heterocycles. The summed E-state index contributed by atoms with van der Waals surface area (Å²) >= 11 is 1.59. The quantitative estimate of drug-likeness (QED) is 0.824. The Morgan fingerprint density at radius 2 is 1.72 bits per heavy atom. The van der Waals surface area contributed by atoms with Crippen molar-refractivity contribution in [2.45, 2.75) is 57.8 Å². The molecule has 5 aliphatic rings. The van der Waals surface area contributed by atoms with Gasteiger partial charge in [-0.1, -0.05) is 0 Å². The van der Waals surface area contributed by atoms with E-state index in [2.05, 4.69) is 5.32 Å². The molecule has 0 spiro atoms. The molecule has 6 rings (SSSR count). The third-order valence-corrected chi connectivity index (χ3v) is 8.27. The van der Waals surface area contributed by atoms with Crippen LogP contribution in [0, 0.1) is 23.2 Å². The molecule has 5 heteroatoms. The van der Waals surface area contributed by atoms with Crippen LogP contribution in [0.3, 0.4) is 0 Å². The number of amides is 1. The van der Waals surface area contributed by atoms with Crippen LogP contribution in [-0.2, 0) is 22.4 Å². The molecular formula is C20H25NO3S. The van der Waals surface area contributed by atoms with E-state index in [1.807, 2.05) is 0 Å². The Morgan fingerprint density at radius 3 is 2.32 bits per heavy atom. The number of ether oxygens (including phenoxy) is 1. The van der Waals surface area contributed by atoms with Crippen LogP contribution in [0.4, 0.5) is 5.00 Å². The molecule has 4 saturated carbocycles. The monoisotopic (exact) mass is 359 g/mol. The molecule has 1 aromatic rings. The Kier molecular flexibility index (Phi) is 3.53. The molecule has 1 heterocycles. The summed E-state index contributed by atoms with van der Waals surface area (Å²) in [5.74, 6) is 2.08. The fraction of sp³-hybridized carbons (Fsp3) is 0.700. The Morgan fingerprint density at radius 1 is 1.08 bits per heavy atom. The molecule has 4 fully saturated rings. The van der Waals surface area contributed by atoms with E-state index >= 15 is 0 Å². The summed E-state index contributed by atoms with van der Waals surface area (Å²) in [4.78, 5) is 26.9. The zero-order chi connectivity index (χ0) is 17.2. The highest BCUT2D eigenvalue weighted by atomic mass is 32.1. The summed E-state index contributed by atoms with van der Waals surface area (Å²) in [5, 5.41) is 3.92. The molecule has 5 aliphatic carbocycles. The number of anilines is 1. The van der Waals surface area contributed by atoms with Gasteiger partial charge in [0.25, 0.3) is 0 Å². The van der Waals surface area contributed by atoms with Crippen molar-refractivity contribution in [1.29, 1.82) is 0 Å². The minimum atomic E-state index is -0.305. The van der Waals surface area contributed by atoms with E-state index in [9.17, 15) is 9.59 Å². The van der Waals surface area contributed by atoms with Gasteiger partial charge in [-0.3, -0.25) is 4.79 Å². The van der Waals surface area contributed by atoms with Crippen molar-refractivity contribution in [1.82, 2.24) is 0 Å². The van der Waals surface area contributed by atoms with Gasteiger partial charge in [0.15, 0.2) is 0 Å². The Balaban J connectivity index is 1.44. The maximum atomic E-state index is 13.3. The highest BCUT2D eigenvalue weighted by molar-refractivity contribution is 7.17. The molecule has 0 aromatic carbocycles. The van der Waals surface area contributed by atoms with E-state index in [0.29, 0.717) is 5.56 Å². The first kappa shape index (κ1) is 15.9. The number of methoxy groups -OCH3 is 1. The fourth-order valence-electron chi connectivity index (χ4n) is 6.43. The molecule has 0 saturated heterocycles. The number of hydrogen-bond acceptors (Lipinski definition) is 4. The number of carbonyl (C=O) groups is 2. The summed E-state index contributed by atoms with van der Waals surface area (Å²) in [6, 6.07) is 0. The number of fused-ring (bicyclic) bond motifs is 1. The SMILES string of the molecule is COC(=O)c1c(NC(=O)C23CC4CC(CC(C4)C2)C3)sc2c1CCC2. The number of carbonyl (C=O) groups excluding carboxylic acids is 2. The first-order valence-corrected chi connectivity index (χ1v) is 10.4. The van der Waals surface area contributed by atoms with Gasteiger partial charge >= 0.3 is 5.97 Å². The lowest BCUT2D eigenvalue weighted by Crippen LogP contribution is -2.51. The first-order valence-electron chi connectivity index (χ1n) is 9.62. The number of esters is 1. The van der Waals surface area contributed by atoms with Crippen molar-refractivity contribution in [2.75, 3.05) is 12.4 Å². The minimum Gasteiger partial charge on any atom is -0.465 e. The zero-order valence-corrected chi connectivity index (χ0v) is 15.5. The van der Waals surface area contributed by atoms with E-state index < -0.39 is 0 Å².